The van der Waals surface area contributed by atoms with Crippen LogP contribution < -0.4 is 49.1 Å². The van der Waals surface area contributed by atoms with Gasteiger partial charge in [-0.25, -0.2) is 4.79 Å². The molecule has 20 nitrogen and oxygen atoms in total. The molecule has 312 valence electrons. The van der Waals surface area contributed by atoms with E-state index in [2.05, 4.69) is 31.9 Å². The first kappa shape index (κ1) is 48.4. The SMILES string of the molecule is CC(C)C[C@H](NC(=O)[C@H](CC(N)=O)NC(=O)[C@@H](NC(=O)[C@H](CCC(N)=O)NC(=O)[C@@H](NC(=O)[C@H](C)NC(=O)[C@@H](N)Cc1ccccc1)C(C)C)[C@@H](C)O)C(=O)O. The Kier molecular flexibility index (Phi) is 20.2. The number of rotatable bonds is 24. The Balaban J connectivity index is 3.15. The molecule has 0 aliphatic heterocycles. The molecule has 0 aliphatic rings. The number of benzene rings is 1. The van der Waals surface area contributed by atoms with E-state index in [4.69, 9.17) is 17.2 Å². The zero-order valence-electron chi connectivity index (χ0n) is 32.5. The van der Waals surface area contributed by atoms with Crippen LogP contribution in [0, 0.1) is 11.8 Å². The Morgan fingerprint density at radius 1 is 0.625 bits per heavy atom. The van der Waals surface area contributed by atoms with Crippen molar-refractivity contribution in [3.05, 3.63) is 35.9 Å². The number of carbonyl (C=O) groups excluding carboxylic acids is 8. The van der Waals surface area contributed by atoms with Crippen LogP contribution >= 0.6 is 0 Å². The summed E-state index contributed by atoms with van der Waals surface area (Å²) in [4.78, 5) is 114. The number of primary amides is 2. The molecular weight excluding hydrogens is 734 g/mol. The Labute approximate surface area is 325 Å². The number of carboxylic acids is 1. The minimum Gasteiger partial charge on any atom is -0.480 e. The van der Waals surface area contributed by atoms with E-state index in [9.17, 15) is 53.4 Å². The van der Waals surface area contributed by atoms with Crippen molar-refractivity contribution in [2.75, 3.05) is 0 Å². The normalized spacial score (nSPS) is 15.4. The molecule has 1 rings (SSSR count). The second-order valence-electron chi connectivity index (χ2n) is 14.3. The third-order valence-corrected chi connectivity index (χ3v) is 8.37. The minimum absolute atomic E-state index is 0.0178. The van der Waals surface area contributed by atoms with Gasteiger partial charge in [0.05, 0.1) is 18.6 Å². The van der Waals surface area contributed by atoms with Crippen LogP contribution in [-0.2, 0) is 49.6 Å². The van der Waals surface area contributed by atoms with Crippen molar-refractivity contribution in [1.29, 1.82) is 0 Å². The van der Waals surface area contributed by atoms with Gasteiger partial charge in [0.1, 0.15) is 36.3 Å². The Bertz CT molecular complexity index is 1560. The molecular formula is C36H57N9O11. The van der Waals surface area contributed by atoms with Gasteiger partial charge in [0.15, 0.2) is 0 Å². The van der Waals surface area contributed by atoms with Gasteiger partial charge >= 0.3 is 5.97 Å². The third-order valence-electron chi connectivity index (χ3n) is 8.37. The van der Waals surface area contributed by atoms with E-state index < -0.39 is 120 Å². The lowest BCUT2D eigenvalue weighted by atomic mass is 10.0. The maximum absolute atomic E-state index is 13.5. The second-order valence-corrected chi connectivity index (χ2v) is 14.3. The minimum atomic E-state index is -1.82. The fourth-order valence-electron chi connectivity index (χ4n) is 5.27. The van der Waals surface area contributed by atoms with E-state index in [1.54, 1.807) is 52.0 Å². The summed E-state index contributed by atoms with van der Waals surface area (Å²) >= 11 is 0. The van der Waals surface area contributed by atoms with E-state index in [0.29, 0.717) is 0 Å². The predicted molar refractivity (Wildman–Crippen MR) is 201 cm³/mol. The molecule has 0 radical (unpaired) electrons. The number of aliphatic carboxylic acids is 1. The molecule has 1 aromatic carbocycles. The monoisotopic (exact) mass is 791 g/mol. The lowest BCUT2D eigenvalue weighted by Gasteiger charge is -2.29. The summed E-state index contributed by atoms with van der Waals surface area (Å²) in [5.74, 6) is -9.57. The summed E-state index contributed by atoms with van der Waals surface area (Å²) in [5.41, 5.74) is 17.4. The number of hydrogen-bond acceptors (Lipinski definition) is 11. The predicted octanol–water partition coefficient (Wildman–Crippen LogP) is -3.21. The van der Waals surface area contributed by atoms with Gasteiger partial charge in [-0.3, -0.25) is 38.4 Å². The van der Waals surface area contributed by atoms with Gasteiger partial charge in [-0.2, -0.15) is 0 Å². The summed E-state index contributed by atoms with van der Waals surface area (Å²) < 4.78 is 0. The largest absolute Gasteiger partial charge is 0.480 e. The number of aliphatic hydroxyl groups is 1. The summed E-state index contributed by atoms with van der Waals surface area (Å²) in [6.45, 7) is 9.12. The number of nitrogens with two attached hydrogens (primary N) is 3. The van der Waals surface area contributed by atoms with Crippen LogP contribution in [0.1, 0.15) is 72.8 Å². The fraction of sp³-hybridized carbons (Fsp3) is 0.583. The van der Waals surface area contributed by atoms with E-state index in [1.165, 1.54) is 6.92 Å². The van der Waals surface area contributed by atoms with Crippen molar-refractivity contribution in [1.82, 2.24) is 31.9 Å². The van der Waals surface area contributed by atoms with Crippen LogP contribution in [0.5, 0.6) is 0 Å². The van der Waals surface area contributed by atoms with E-state index in [0.717, 1.165) is 12.5 Å². The molecule has 0 bridgehead atoms. The summed E-state index contributed by atoms with van der Waals surface area (Å²) in [7, 11) is 0. The van der Waals surface area contributed by atoms with Gasteiger partial charge in [-0.05, 0) is 50.5 Å². The molecule has 0 spiro atoms. The average Bonchev–Trinajstić information content (AvgIpc) is 3.09. The molecule has 0 heterocycles. The molecule has 8 atom stereocenters. The first-order chi connectivity index (χ1) is 26.0. The van der Waals surface area contributed by atoms with Crippen LogP contribution in [0.2, 0.25) is 0 Å². The van der Waals surface area contributed by atoms with Crippen LogP contribution in [-0.4, -0.2) is 112 Å². The molecule has 14 N–H and O–H groups in total. The molecule has 56 heavy (non-hydrogen) atoms. The highest BCUT2D eigenvalue weighted by atomic mass is 16.4. The molecule has 1 aromatic rings. The maximum atomic E-state index is 13.5. The van der Waals surface area contributed by atoms with Crippen molar-refractivity contribution in [2.45, 2.75) is 122 Å². The quantitative estimate of drug-likeness (QED) is 0.0493. The first-order valence-corrected chi connectivity index (χ1v) is 18.1. The average molecular weight is 792 g/mol. The van der Waals surface area contributed by atoms with Gasteiger partial charge in [-0.15, -0.1) is 0 Å². The summed E-state index contributed by atoms with van der Waals surface area (Å²) in [5, 5.41) is 34.1. The van der Waals surface area contributed by atoms with Gasteiger partial charge < -0.3 is 59.3 Å². The highest BCUT2D eigenvalue weighted by molar-refractivity contribution is 5.98. The number of hydrogen-bond donors (Lipinski definition) is 11. The number of aliphatic hydroxyl groups excluding tert-OH is 1. The molecule has 0 fully saturated rings. The van der Waals surface area contributed by atoms with E-state index in [-0.39, 0.29) is 25.2 Å². The standard InChI is InChI=1S/C36H57N9O11/c1-17(2)14-25(36(55)56)43-33(52)24(16-27(39)48)42-35(54)29(20(6)46)45-32(51)23(12-13-26(38)47)41-34(53)28(18(3)4)44-30(49)19(5)40-31(50)22(37)15-21-10-8-7-9-11-21/h7-11,17-20,22-25,28-29,46H,12-16,37H2,1-6H3,(H2,38,47)(H2,39,48)(H,40,50)(H,41,53)(H,42,54)(H,43,52)(H,44,49)(H,45,51)(H,55,56)/t19-,20+,22-,23-,24-,25-,28-,29-/m0/s1. The van der Waals surface area contributed by atoms with Crippen molar-refractivity contribution >= 4 is 53.2 Å². The molecule has 0 unspecified atom stereocenters. The molecule has 0 saturated carbocycles. The molecule has 20 heteroatoms. The number of carboxylic acid groups (broad SMARTS) is 1. The topological polar surface area (TPSA) is 344 Å². The van der Waals surface area contributed by atoms with Crippen molar-refractivity contribution < 1.29 is 53.4 Å². The zero-order chi connectivity index (χ0) is 42.9. The Morgan fingerprint density at radius 3 is 1.64 bits per heavy atom. The number of nitrogens with one attached hydrogen (secondary N) is 6. The van der Waals surface area contributed by atoms with Gasteiger partial charge in [0.2, 0.25) is 47.3 Å². The van der Waals surface area contributed by atoms with Gasteiger partial charge in [0.25, 0.3) is 0 Å². The van der Waals surface area contributed by atoms with Crippen molar-refractivity contribution in [3.8, 4) is 0 Å². The summed E-state index contributed by atoms with van der Waals surface area (Å²) in [6, 6.07) is -0.867. The number of carbonyl (C=O) groups is 9. The smallest absolute Gasteiger partial charge is 0.326 e. The van der Waals surface area contributed by atoms with Crippen LogP contribution in [0.4, 0.5) is 0 Å². The zero-order valence-corrected chi connectivity index (χ0v) is 32.5. The van der Waals surface area contributed by atoms with Crippen LogP contribution in [0.3, 0.4) is 0 Å². The van der Waals surface area contributed by atoms with Crippen LogP contribution in [0.25, 0.3) is 0 Å². The molecule has 8 amide bonds. The van der Waals surface area contributed by atoms with E-state index >= 15 is 0 Å². The maximum Gasteiger partial charge on any atom is 0.326 e. The third kappa shape index (κ3) is 17.2. The van der Waals surface area contributed by atoms with Crippen molar-refractivity contribution in [3.63, 3.8) is 0 Å². The Hall–Kier alpha value is -5.63. The highest BCUT2D eigenvalue weighted by Gasteiger charge is 2.36. The van der Waals surface area contributed by atoms with E-state index in [1.807, 2.05) is 6.07 Å². The van der Waals surface area contributed by atoms with Gasteiger partial charge in [0, 0.05) is 6.42 Å². The second kappa shape index (κ2) is 23.3. The van der Waals surface area contributed by atoms with Gasteiger partial charge in [-0.1, -0.05) is 58.0 Å². The molecule has 0 aromatic heterocycles. The lowest BCUT2D eigenvalue weighted by Crippen LogP contribution is -2.62. The lowest BCUT2D eigenvalue weighted by molar-refractivity contribution is -0.143. The Morgan fingerprint density at radius 2 is 1.14 bits per heavy atom. The molecule has 0 aliphatic carbocycles. The van der Waals surface area contributed by atoms with Crippen molar-refractivity contribution in [2.24, 2.45) is 29.0 Å². The fourth-order valence-corrected chi connectivity index (χ4v) is 5.27. The molecule has 0 saturated heterocycles. The highest BCUT2D eigenvalue weighted by Crippen LogP contribution is 2.09. The van der Waals surface area contributed by atoms with Crippen LogP contribution in [0.15, 0.2) is 30.3 Å². The number of amides is 8. The summed E-state index contributed by atoms with van der Waals surface area (Å²) in [6.07, 6.45) is -2.99. The first-order valence-electron chi connectivity index (χ1n) is 18.1.